The molecule has 0 saturated carbocycles. The number of carbonyl (C=O) groups is 2. The van der Waals surface area contributed by atoms with Crippen LogP contribution in [0, 0.1) is 5.92 Å². The summed E-state index contributed by atoms with van der Waals surface area (Å²) in [5.41, 5.74) is -2.81. The molecule has 11 heteroatoms. The lowest BCUT2D eigenvalue weighted by molar-refractivity contribution is -0.143. The van der Waals surface area contributed by atoms with E-state index in [0.29, 0.717) is 0 Å². The highest BCUT2D eigenvalue weighted by atomic mass is 31.1. The number of aliphatic carboxylic acids is 2. The van der Waals surface area contributed by atoms with E-state index in [2.05, 4.69) is 5.32 Å². The molecule has 1 rings (SSSR count). The average molecular weight is 382 g/mol. The molecule has 4 N–H and O–H groups in total. The third kappa shape index (κ3) is 6.32. The smallest absolute Gasteiger partial charge is 0.481 e. The van der Waals surface area contributed by atoms with E-state index in [4.69, 9.17) is 10.2 Å². The number of nitrogens with one attached hydrogen (secondary N) is 1. The van der Waals surface area contributed by atoms with Gasteiger partial charge in [0.25, 0.3) is 0 Å². The Balaban J connectivity index is 2.97. The highest BCUT2D eigenvalue weighted by Gasteiger charge is 2.42. The van der Waals surface area contributed by atoms with Crippen LogP contribution >= 0.6 is 8.03 Å². The molecule has 3 atom stereocenters. The Kier molecular flexibility index (Phi) is 7.32. The SMILES string of the molecule is O=C(O)CCC(C(=O)O)C(CNc1ccccc1C(F)(F)F)[P+](=O)O. The normalized spacial score (nSPS) is 14.5. The van der Waals surface area contributed by atoms with Crippen LogP contribution in [0.4, 0.5) is 18.9 Å². The number of carboxylic acids is 2. The Labute approximate surface area is 141 Å². The van der Waals surface area contributed by atoms with Crippen molar-refractivity contribution in [1.29, 1.82) is 0 Å². The topological polar surface area (TPSA) is 124 Å². The predicted molar refractivity (Wildman–Crippen MR) is 81.5 cm³/mol. The standard InChI is InChI=1S/C14H15F3NO6P/c15-14(16,17)9-3-1-2-4-10(9)18-7-11(25(23)24)8(13(21)22)5-6-12(19)20/h1-4,8,11,18H,5-7H2,(H2-,19,20,21,22,23,24)/p+1. The zero-order chi connectivity index (χ0) is 19.2. The van der Waals surface area contributed by atoms with Crippen molar-refractivity contribution < 1.29 is 42.4 Å². The molecule has 0 fully saturated rings. The molecule has 1 aromatic carbocycles. The first kappa shape index (κ1) is 20.9. The number of alkyl halides is 3. The highest BCUT2D eigenvalue weighted by molar-refractivity contribution is 7.39. The molecule has 0 bridgehead atoms. The van der Waals surface area contributed by atoms with E-state index in [1.54, 1.807) is 0 Å². The molecule has 0 aliphatic rings. The van der Waals surface area contributed by atoms with Gasteiger partial charge in [-0.2, -0.15) is 18.1 Å². The van der Waals surface area contributed by atoms with Crippen LogP contribution in [0.5, 0.6) is 0 Å². The summed E-state index contributed by atoms with van der Waals surface area (Å²) in [5, 5.41) is 20.1. The minimum atomic E-state index is -4.66. The first-order valence-electron chi connectivity index (χ1n) is 7.04. The van der Waals surface area contributed by atoms with E-state index in [-0.39, 0.29) is 5.69 Å². The predicted octanol–water partition coefficient (Wildman–Crippen LogP) is 2.79. The van der Waals surface area contributed by atoms with Gasteiger partial charge in [-0.1, -0.05) is 12.1 Å². The summed E-state index contributed by atoms with van der Waals surface area (Å²) < 4.78 is 50.2. The fraction of sp³-hybridized carbons (Fsp3) is 0.429. The van der Waals surface area contributed by atoms with Crippen molar-refractivity contribution in [2.24, 2.45) is 5.92 Å². The Morgan fingerprint density at radius 2 is 1.80 bits per heavy atom. The average Bonchev–Trinajstić information content (AvgIpc) is 2.48. The molecule has 25 heavy (non-hydrogen) atoms. The van der Waals surface area contributed by atoms with Gasteiger partial charge < -0.3 is 15.5 Å². The summed E-state index contributed by atoms with van der Waals surface area (Å²) in [6.07, 6.45) is -5.62. The second-order valence-corrected chi connectivity index (χ2v) is 6.44. The van der Waals surface area contributed by atoms with Crippen LogP contribution < -0.4 is 5.32 Å². The van der Waals surface area contributed by atoms with Crippen molar-refractivity contribution in [2.75, 3.05) is 11.9 Å². The quantitative estimate of drug-likeness (QED) is 0.484. The summed E-state index contributed by atoms with van der Waals surface area (Å²) >= 11 is 0. The van der Waals surface area contributed by atoms with Crippen molar-refractivity contribution >= 4 is 25.7 Å². The molecule has 0 heterocycles. The summed E-state index contributed by atoms with van der Waals surface area (Å²) in [7, 11) is -3.07. The minimum Gasteiger partial charge on any atom is -0.481 e. The van der Waals surface area contributed by atoms with E-state index >= 15 is 0 Å². The monoisotopic (exact) mass is 382 g/mol. The van der Waals surface area contributed by atoms with Gasteiger partial charge in [0.05, 0.1) is 12.1 Å². The molecule has 0 spiro atoms. The van der Waals surface area contributed by atoms with Crippen LogP contribution in [0.2, 0.25) is 0 Å². The van der Waals surface area contributed by atoms with Crippen molar-refractivity contribution in [2.45, 2.75) is 24.7 Å². The lowest BCUT2D eigenvalue weighted by atomic mass is 9.98. The maximum Gasteiger partial charge on any atom is 0.511 e. The number of benzene rings is 1. The van der Waals surface area contributed by atoms with Gasteiger partial charge in [-0.3, -0.25) is 9.59 Å². The third-order valence-electron chi connectivity index (χ3n) is 3.47. The van der Waals surface area contributed by atoms with Gasteiger partial charge >= 0.3 is 26.1 Å². The number of para-hydroxylation sites is 1. The second kappa shape index (κ2) is 8.77. The molecule has 7 nitrogen and oxygen atoms in total. The molecule has 0 aliphatic heterocycles. The number of hydrogen-bond acceptors (Lipinski definition) is 4. The summed E-state index contributed by atoms with van der Waals surface area (Å²) in [6, 6.07) is 4.42. The van der Waals surface area contributed by atoms with E-state index in [1.807, 2.05) is 0 Å². The Morgan fingerprint density at radius 3 is 2.28 bits per heavy atom. The number of hydrogen-bond donors (Lipinski definition) is 4. The Hall–Kier alpha value is -2.19. The lowest BCUT2D eigenvalue weighted by Gasteiger charge is -2.17. The van der Waals surface area contributed by atoms with Crippen molar-refractivity contribution in [1.82, 2.24) is 0 Å². The highest BCUT2D eigenvalue weighted by Crippen LogP contribution is 2.36. The van der Waals surface area contributed by atoms with E-state index in [9.17, 15) is 32.2 Å². The van der Waals surface area contributed by atoms with Crippen LogP contribution in [0.25, 0.3) is 0 Å². The fourth-order valence-corrected chi connectivity index (χ4v) is 3.06. The zero-order valence-corrected chi connectivity index (χ0v) is 13.6. The minimum absolute atomic E-state index is 0.362. The maximum absolute atomic E-state index is 12.9. The van der Waals surface area contributed by atoms with E-state index in [0.717, 1.165) is 12.1 Å². The molecule has 0 amide bonds. The van der Waals surface area contributed by atoms with Crippen LogP contribution in [-0.2, 0) is 20.3 Å². The van der Waals surface area contributed by atoms with Crippen LogP contribution in [-0.4, -0.2) is 39.2 Å². The summed E-state index contributed by atoms with van der Waals surface area (Å²) in [5.74, 6) is -4.27. The molecular formula is C14H16F3NO6P+. The molecule has 1 aromatic rings. The largest absolute Gasteiger partial charge is 0.511 e. The number of anilines is 1. The van der Waals surface area contributed by atoms with Gasteiger partial charge in [-0.25, -0.2) is 0 Å². The van der Waals surface area contributed by atoms with Gasteiger partial charge in [0.15, 0.2) is 0 Å². The van der Waals surface area contributed by atoms with Gasteiger partial charge in [0.1, 0.15) is 5.92 Å². The van der Waals surface area contributed by atoms with Gasteiger partial charge in [0, 0.05) is 12.1 Å². The molecule has 0 saturated heterocycles. The van der Waals surface area contributed by atoms with Gasteiger partial charge in [-0.05, 0) is 23.1 Å². The van der Waals surface area contributed by atoms with Gasteiger partial charge in [-0.15, -0.1) is 0 Å². The molecule has 0 radical (unpaired) electrons. The summed E-state index contributed by atoms with van der Waals surface area (Å²) in [6.45, 7) is -0.532. The van der Waals surface area contributed by atoms with Crippen molar-refractivity contribution in [3.63, 3.8) is 0 Å². The third-order valence-corrected chi connectivity index (χ3v) is 4.58. The molecule has 0 aromatic heterocycles. The second-order valence-electron chi connectivity index (χ2n) is 5.17. The molecule has 3 unspecified atom stereocenters. The number of rotatable bonds is 9. The molecule has 138 valence electrons. The van der Waals surface area contributed by atoms with Crippen molar-refractivity contribution in [3.05, 3.63) is 29.8 Å². The van der Waals surface area contributed by atoms with E-state index < -0.39 is 62.7 Å². The van der Waals surface area contributed by atoms with Crippen LogP contribution in [0.15, 0.2) is 24.3 Å². The Bertz CT molecular complexity index is 652. The summed E-state index contributed by atoms with van der Waals surface area (Å²) in [4.78, 5) is 31.2. The molecular weight excluding hydrogens is 366 g/mol. The lowest BCUT2D eigenvalue weighted by Crippen LogP contribution is -2.32. The maximum atomic E-state index is 12.9. The van der Waals surface area contributed by atoms with Gasteiger partial charge in [0.2, 0.25) is 5.66 Å². The molecule has 0 aliphatic carbocycles. The zero-order valence-electron chi connectivity index (χ0n) is 12.7. The first-order chi connectivity index (χ1) is 11.5. The fourth-order valence-electron chi connectivity index (χ4n) is 2.23. The van der Waals surface area contributed by atoms with E-state index in [1.165, 1.54) is 12.1 Å². The first-order valence-corrected chi connectivity index (χ1v) is 8.32. The number of carboxylic acid groups (broad SMARTS) is 2. The Morgan fingerprint density at radius 1 is 1.20 bits per heavy atom. The number of halogens is 3. The van der Waals surface area contributed by atoms with Crippen LogP contribution in [0.3, 0.4) is 0 Å². The van der Waals surface area contributed by atoms with Crippen molar-refractivity contribution in [3.8, 4) is 0 Å². The van der Waals surface area contributed by atoms with Crippen LogP contribution in [0.1, 0.15) is 18.4 Å².